The van der Waals surface area contributed by atoms with Gasteiger partial charge in [0.15, 0.2) is 0 Å². The van der Waals surface area contributed by atoms with Crippen LogP contribution in [0.3, 0.4) is 0 Å². The number of halogens is 3. The number of imidazole rings is 2. The first-order valence-corrected chi connectivity index (χ1v) is 10.00. The summed E-state index contributed by atoms with van der Waals surface area (Å²) >= 11 is 0. The highest BCUT2D eigenvalue weighted by molar-refractivity contribution is 5.86. The van der Waals surface area contributed by atoms with Crippen molar-refractivity contribution in [2.75, 3.05) is 0 Å². The van der Waals surface area contributed by atoms with Crippen molar-refractivity contribution in [1.82, 2.24) is 19.1 Å². The van der Waals surface area contributed by atoms with Gasteiger partial charge in [0.1, 0.15) is 0 Å². The Balaban J connectivity index is 1.94. The number of aromatic nitrogens is 4. The number of aromatic amines is 1. The third-order valence-electron chi connectivity index (χ3n) is 5.25. The number of alkyl halides is 3. The molecular formula is C23H23F3N4O. The Morgan fingerprint density at radius 3 is 2.45 bits per heavy atom. The Labute approximate surface area is 177 Å². The van der Waals surface area contributed by atoms with Gasteiger partial charge in [-0.15, -0.1) is 0 Å². The van der Waals surface area contributed by atoms with E-state index in [9.17, 15) is 18.0 Å². The van der Waals surface area contributed by atoms with Crippen LogP contribution in [-0.4, -0.2) is 19.1 Å². The molecule has 2 aromatic carbocycles. The van der Waals surface area contributed by atoms with Crippen LogP contribution in [0.2, 0.25) is 0 Å². The van der Waals surface area contributed by atoms with E-state index in [4.69, 9.17) is 0 Å². The molecule has 4 aromatic rings. The lowest BCUT2D eigenvalue weighted by Gasteiger charge is -2.07. The number of hydrogen-bond acceptors (Lipinski definition) is 2. The highest BCUT2D eigenvalue weighted by atomic mass is 19.4. The van der Waals surface area contributed by atoms with Crippen LogP contribution < -0.4 is 5.69 Å². The predicted octanol–water partition coefficient (Wildman–Crippen LogP) is 5.38. The molecule has 0 aliphatic rings. The van der Waals surface area contributed by atoms with Crippen LogP contribution >= 0.6 is 0 Å². The summed E-state index contributed by atoms with van der Waals surface area (Å²) in [5.74, 6) is -0.775. The minimum atomic E-state index is -4.60. The summed E-state index contributed by atoms with van der Waals surface area (Å²) in [6.07, 6.45) is -4.60. The second-order valence-electron chi connectivity index (χ2n) is 8.23. The van der Waals surface area contributed by atoms with Gasteiger partial charge in [0.2, 0.25) is 5.82 Å². The van der Waals surface area contributed by atoms with E-state index in [2.05, 4.69) is 9.97 Å². The largest absolute Gasteiger partial charge is 0.449 e. The minimum absolute atomic E-state index is 0.152. The highest BCUT2D eigenvalue weighted by Crippen LogP contribution is 2.36. The summed E-state index contributed by atoms with van der Waals surface area (Å²) in [5, 5.41) is 0. The van der Waals surface area contributed by atoms with Crippen molar-refractivity contribution in [1.29, 1.82) is 0 Å². The zero-order chi connectivity index (χ0) is 22.5. The summed E-state index contributed by atoms with van der Waals surface area (Å²) < 4.78 is 43.5. The maximum atomic E-state index is 13.4. The van der Waals surface area contributed by atoms with E-state index >= 15 is 0 Å². The van der Waals surface area contributed by atoms with Crippen LogP contribution in [-0.2, 0) is 19.8 Å². The lowest BCUT2D eigenvalue weighted by atomic mass is 10.0. The Hall–Kier alpha value is -3.29. The molecule has 0 aliphatic carbocycles. The van der Waals surface area contributed by atoms with Crippen molar-refractivity contribution in [3.8, 4) is 22.5 Å². The van der Waals surface area contributed by atoms with Crippen molar-refractivity contribution in [2.24, 2.45) is 13.0 Å². The SMILES string of the molecule is Cc1cccc(-c2nc(C(F)(F)F)[nH]c2-c2ccc3c(c2)n(C)c(=O)n3CC(C)C)c1. The van der Waals surface area contributed by atoms with Crippen molar-refractivity contribution in [3.63, 3.8) is 0 Å². The van der Waals surface area contributed by atoms with Crippen molar-refractivity contribution in [3.05, 3.63) is 64.3 Å². The average molecular weight is 428 g/mol. The van der Waals surface area contributed by atoms with E-state index in [1.165, 1.54) is 4.57 Å². The minimum Gasteiger partial charge on any atom is -0.334 e. The van der Waals surface area contributed by atoms with Gasteiger partial charge in [0, 0.05) is 24.7 Å². The molecule has 0 saturated heterocycles. The molecule has 0 aliphatic heterocycles. The summed E-state index contributed by atoms with van der Waals surface area (Å²) in [6, 6.07) is 12.4. The van der Waals surface area contributed by atoms with Crippen molar-refractivity contribution in [2.45, 2.75) is 33.5 Å². The van der Waals surface area contributed by atoms with E-state index < -0.39 is 12.0 Å². The van der Waals surface area contributed by atoms with Crippen LogP contribution in [0.1, 0.15) is 25.2 Å². The topological polar surface area (TPSA) is 55.6 Å². The standard InChI is InChI=1S/C23H23F3N4O/c1-13(2)12-30-17-9-8-16(11-18(17)29(4)22(30)31)20-19(15-7-5-6-14(3)10-15)27-21(28-20)23(24,25)26/h5-11,13H,12H2,1-4H3,(H,27,28). The van der Waals surface area contributed by atoms with Gasteiger partial charge in [0.25, 0.3) is 0 Å². The molecule has 0 bridgehead atoms. The summed E-state index contributed by atoms with van der Waals surface area (Å²) in [5.41, 5.74) is 3.78. The summed E-state index contributed by atoms with van der Waals surface area (Å²) in [6.45, 7) is 6.49. The van der Waals surface area contributed by atoms with Gasteiger partial charge < -0.3 is 4.98 Å². The Bertz CT molecular complexity index is 1330. The number of benzene rings is 2. The van der Waals surface area contributed by atoms with Crippen LogP contribution in [0.25, 0.3) is 33.5 Å². The molecule has 0 amide bonds. The Morgan fingerprint density at radius 2 is 1.81 bits per heavy atom. The van der Waals surface area contributed by atoms with E-state index in [0.29, 0.717) is 23.2 Å². The lowest BCUT2D eigenvalue weighted by molar-refractivity contribution is -0.144. The second kappa shape index (κ2) is 7.44. The molecule has 2 aromatic heterocycles. The number of aryl methyl sites for hydroxylation is 2. The second-order valence-corrected chi connectivity index (χ2v) is 8.23. The third kappa shape index (κ3) is 3.78. The van der Waals surface area contributed by atoms with Crippen LogP contribution in [0.5, 0.6) is 0 Å². The Morgan fingerprint density at radius 1 is 1.06 bits per heavy atom. The van der Waals surface area contributed by atoms with Crippen LogP contribution in [0.4, 0.5) is 13.2 Å². The average Bonchev–Trinajstić information content (AvgIpc) is 3.24. The number of nitrogens with zero attached hydrogens (tertiary/aromatic N) is 3. The lowest BCUT2D eigenvalue weighted by Crippen LogP contribution is -2.24. The van der Waals surface area contributed by atoms with Crippen LogP contribution in [0, 0.1) is 12.8 Å². The maximum absolute atomic E-state index is 13.4. The van der Waals surface area contributed by atoms with Gasteiger partial charge in [-0.25, -0.2) is 9.78 Å². The van der Waals surface area contributed by atoms with Crippen molar-refractivity contribution < 1.29 is 13.2 Å². The number of H-pyrrole nitrogens is 1. The Kier molecular flexibility index (Phi) is 5.03. The monoisotopic (exact) mass is 428 g/mol. The molecule has 5 nitrogen and oxygen atoms in total. The third-order valence-corrected chi connectivity index (χ3v) is 5.25. The molecule has 1 N–H and O–H groups in total. The quantitative estimate of drug-likeness (QED) is 0.474. The first kappa shape index (κ1) is 21.0. The predicted molar refractivity (Wildman–Crippen MR) is 115 cm³/mol. The maximum Gasteiger partial charge on any atom is 0.449 e. The van der Waals surface area contributed by atoms with Gasteiger partial charge in [-0.2, -0.15) is 13.2 Å². The smallest absolute Gasteiger partial charge is 0.334 e. The first-order valence-electron chi connectivity index (χ1n) is 10.00. The van der Waals surface area contributed by atoms with Gasteiger partial charge in [-0.05, 0) is 31.0 Å². The van der Waals surface area contributed by atoms with Crippen molar-refractivity contribution >= 4 is 11.0 Å². The zero-order valence-electron chi connectivity index (χ0n) is 17.7. The summed E-state index contributed by atoms with van der Waals surface area (Å²) in [7, 11) is 1.67. The molecule has 8 heteroatoms. The molecule has 31 heavy (non-hydrogen) atoms. The van der Waals surface area contributed by atoms with E-state index in [0.717, 1.165) is 11.1 Å². The van der Waals surface area contributed by atoms with Gasteiger partial charge in [-0.3, -0.25) is 9.13 Å². The molecule has 2 heterocycles. The summed E-state index contributed by atoms with van der Waals surface area (Å²) in [4.78, 5) is 19.0. The fourth-order valence-corrected chi connectivity index (χ4v) is 3.82. The molecule has 0 atom stereocenters. The molecule has 0 fully saturated rings. The molecule has 4 rings (SSSR count). The number of hydrogen-bond donors (Lipinski definition) is 1. The van der Waals surface area contributed by atoms with Gasteiger partial charge >= 0.3 is 11.9 Å². The molecule has 0 unspecified atom stereocenters. The molecule has 0 radical (unpaired) electrons. The molecule has 162 valence electrons. The molecule has 0 spiro atoms. The normalized spacial score (nSPS) is 12.3. The highest BCUT2D eigenvalue weighted by Gasteiger charge is 2.36. The van der Waals surface area contributed by atoms with Crippen LogP contribution in [0.15, 0.2) is 47.3 Å². The molecule has 0 saturated carbocycles. The number of nitrogens with one attached hydrogen (secondary N) is 1. The zero-order valence-corrected chi connectivity index (χ0v) is 17.7. The van der Waals surface area contributed by atoms with Gasteiger partial charge in [-0.1, -0.05) is 43.7 Å². The van der Waals surface area contributed by atoms with Gasteiger partial charge in [0.05, 0.1) is 22.4 Å². The van der Waals surface area contributed by atoms with E-state index in [1.54, 1.807) is 48.0 Å². The fraction of sp³-hybridized carbons (Fsp3) is 0.304. The fourth-order valence-electron chi connectivity index (χ4n) is 3.82. The van der Waals surface area contributed by atoms with E-state index in [1.807, 2.05) is 26.8 Å². The number of rotatable bonds is 4. The van der Waals surface area contributed by atoms with E-state index in [-0.39, 0.29) is 23.0 Å². The molecular weight excluding hydrogens is 405 g/mol. The first-order chi connectivity index (χ1) is 14.6. The number of fused-ring (bicyclic) bond motifs is 1.